The Morgan fingerprint density at radius 1 is 1.16 bits per heavy atom. The zero-order valence-corrected chi connectivity index (χ0v) is 17.6. The zero-order chi connectivity index (χ0) is 22.5. The third-order valence-electron chi connectivity index (χ3n) is 4.49. The second kappa shape index (κ2) is 9.48. The first-order valence-corrected chi connectivity index (χ1v) is 10.2. The molecule has 0 aliphatic carbocycles. The van der Waals surface area contributed by atoms with Crippen LogP contribution in [0.4, 0.5) is 15.1 Å². The summed E-state index contributed by atoms with van der Waals surface area (Å²) in [6.07, 6.45) is -0.234. The molecule has 7 nitrogen and oxygen atoms in total. The van der Waals surface area contributed by atoms with Crippen LogP contribution in [0.15, 0.2) is 48.5 Å². The van der Waals surface area contributed by atoms with Crippen LogP contribution in [0.2, 0.25) is 0 Å². The lowest BCUT2D eigenvalue weighted by Gasteiger charge is -2.09. The van der Waals surface area contributed by atoms with Crippen molar-refractivity contribution >= 4 is 33.9 Å². The lowest BCUT2D eigenvalue weighted by Crippen LogP contribution is -2.17. The number of carbonyl (C=O) groups is 2. The van der Waals surface area contributed by atoms with Gasteiger partial charge in [0.05, 0.1) is 18.0 Å². The van der Waals surface area contributed by atoms with Crippen LogP contribution in [-0.4, -0.2) is 23.4 Å². The maximum atomic E-state index is 13.4. The molecule has 1 heterocycles. The van der Waals surface area contributed by atoms with Crippen molar-refractivity contribution in [1.29, 1.82) is 0 Å². The van der Waals surface area contributed by atoms with Crippen LogP contribution < -0.4 is 5.32 Å². The van der Waals surface area contributed by atoms with E-state index in [0.29, 0.717) is 11.1 Å². The minimum atomic E-state index is -0.618. The fraction of sp³-hybridized carbons (Fsp3) is 0.182. The lowest BCUT2D eigenvalue weighted by atomic mass is 10.0. The molecule has 1 N–H and O–H groups in total. The summed E-state index contributed by atoms with van der Waals surface area (Å²) in [6, 6.07) is 11.6. The number of hydrogen-bond donors (Lipinski definition) is 1. The van der Waals surface area contributed by atoms with E-state index in [0.717, 1.165) is 4.88 Å². The molecule has 160 valence electrons. The number of nitrogens with one attached hydrogen (secondary N) is 1. The summed E-state index contributed by atoms with van der Waals surface area (Å²) in [5.74, 6) is -1.54. The van der Waals surface area contributed by atoms with Crippen LogP contribution in [0.5, 0.6) is 0 Å². The zero-order valence-electron chi connectivity index (χ0n) is 16.8. The van der Waals surface area contributed by atoms with Crippen molar-refractivity contribution < 1.29 is 23.6 Å². The van der Waals surface area contributed by atoms with Gasteiger partial charge in [-0.25, -0.2) is 9.18 Å². The third-order valence-corrected chi connectivity index (χ3v) is 5.51. The van der Waals surface area contributed by atoms with E-state index in [-0.39, 0.29) is 34.8 Å². The third kappa shape index (κ3) is 4.95. The number of ether oxygens (including phenoxy) is 1. The van der Waals surface area contributed by atoms with Crippen LogP contribution in [0.3, 0.4) is 0 Å². The maximum Gasteiger partial charge on any atom is 0.341 e. The molecule has 1 amide bonds. The summed E-state index contributed by atoms with van der Waals surface area (Å²) in [5, 5.41) is 14.2. The number of anilines is 1. The topological polar surface area (TPSA) is 98.5 Å². The van der Waals surface area contributed by atoms with E-state index in [2.05, 4.69) is 5.32 Å². The van der Waals surface area contributed by atoms with E-state index in [4.69, 9.17) is 4.74 Å². The van der Waals surface area contributed by atoms with Gasteiger partial charge in [-0.2, -0.15) is 0 Å². The van der Waals surface area contributed by atoms with E-state index in [1.54, 1.807) is 32.0 Å². The number of aryl methyl sites for hydroxylation is 1. The number of nitro benzene ring substituents is 1. The number of benzene rings is 2. The number of carbonyl (C=O) groups excluding carboxylic acids is 2. The van der Waals surface area contributed by atoms with Crippen molar-refractivity contribution in [1.82, 2.24) is 0 Å². The number of para-hydroxylation sites is 1. The summed E-state index contributed by atoms with van der Waals surface area (Å²) in [4.78, 5) is 36.7. The second-order valence-electron chi connectivity index (χ2n) is 6.58. The van der Waals surface area contributed by atoms with Crippen molar-refractivity contribution in [2.75, 3.05) is 11.9 Å². The highest BCUT2D eigenvalue weighted by molar-refractivity contribution is 7.17. The molecule has 9 heteroatoms. The minimum absolute atomic E-state index is 0.139. The van der Waals surface area contributed by atoms with Crippen molar-refractivity contribution in [2.45, 2.75) is 20.3 Å². The van der Waals surface area contributed by atoms with Crippen molar-refractivity contribution in [3.63, 3.8) is 0 Å². The molecule has 0 saturated carbocycles. The normalized spacial score (nSPS) is 10.5. The molecule has 31 heavy (non-hydrogen) atoms. The highest BCUT2D eigenvalue weighted by Gasteiger charge is 2.26. The first-order chi connectivity index (χ1) is 14.8. The molecule has 0 aliphatic rings. The van der Waals surface area contributed by atoms with E-state index >= 15 is 0 Å². The van der Waals surface area contributed by atoms with Gasteiger partial charge in [0, 0.05) is 22.1 Å². The maximum absolute atomic E-state index is 13.4. The van der Waals surface area contributed by atoms with Gasteiger partial charge in [-0.3, -0.25) is 14.9 Å². The van der Waals surface area contributed by atoms with Gasteiger partial charge in [-0.15, -0.1) is 11.3 Å². The van der Waals surface area contributed by atoms with Gasteiger partial charge in [0.25, 0.3) is 5.69 Å². The van der Waals surface area contributed by atoms with Crippen molar-refractivity contribution in [3.8, 4) is 11.1 Å². The predicted octanol–water partition coefficient (Wildman–Crippen LogP) is 5.13. The van der Waals surface area contributed by atoms with Gasteiger partial charge in [0.1, 0.15) is 16.4 Å². The average Bonchev–Trinajstić information content (AvgIpc) is 3.04. The van der Waals surface area contributed by atoms with Crippen molar-refractivity contribution in [2.24, 2.45) is 0 Å². The molecule has 3 aromatic rings. The molecule has 0 aliphatic heterocycles. The largest absolute Gasteiger partial charge is 0.462 e. The second-order valence-corrected chi connectivity index (χ2v) is 7.80. The Hall–Kier alpha value is -3.59. The molecule has 0 radical (unpaired) electrons. The molecule has 2 aromatic carbocycles. The summed E-state index contributed by atoms with van der Waals surface area (Å²) in [6.45, 7) is 3.59. The number of esters is 1. The molecular formula is C22H19FN2O5S. The van der Waals surface area contributed by atoms with Gasteiger partial charge in [0.15, 0.2) is 0 Å². The summed E-state index contributed by atoms with van der Waals surface area (Å²) in [7, 11) is 0. The summed E-state index contributed by atoms with van der Waals surface area (Å²) < 4.78 is 18.5. The summed E-state index contributed by atoms with van der Waals surface area (Å²) >= 11 is 1.18. The number of hydrogen-bond acceptors (Lipinski definition) is 6. The first kappa shape index (κ1) is 22.1. The van der Waals surface area contributed by atoms with Gasteiger partial charge in [0.2, 0.25) is 5.91 Å². The molecule has 0 spiro atoms. The van der Waals surface area contributed by atoms with E-state index in [1.165, 1.54) is 41.7 Å². The number of nitro groups is 1. The van der Waals surface area contributed by atoms with Gasteiger partial charge in [-0.1, -0.05) is 30.3 Å². The van der Waals surface area contributed by atoms with E-state index in [9.17, 15) is 24.1 Å². The number of thiophene rings is 1. The quantitative estimate of drug-likeness (QED) is 0.311. The van der Waals surface area contributed by atoms with Gasteiger partial charge in [-0.05, 0) is 31.5 Å². The Kier molecular flexibility index (Phi) is 6.76. The highest BCUT2D eigenvalue weighted by Crippen LogP contribution is 2.40. The highest BCUT2D eigenvalue weighted by atomic mass is 32.1. The Labute approximate surface area is 181 Å². The van der Waals surface area contributed by atoms with Crippen LogP contribution in [0, 0.1) is 22.9 Å². The molecule has 3 rings (SSSR count). The monoisotopic (exact) mass is 442 g/mol. The molecule has 0 saturated heterocycles. The van der Waals surface area contributed by atoms with E-state index in [1.807, 2.05) is 0 Å². The Morgan fingerprint density at radius 2 is 1.84 bits per heavy atom. The lowest BCUT2D eigenvalue weighted by molar-refractivity contribution is -0.385. The Bertz CT molecular complexity index is 1140. The standard InChI is InChI=1S/C22H19FN2O5S/c1-3-30-22(27)20-19(14-8-10-16(23)11-9-14)13(2)31-21(20)24-18(26)12-15-6-4-5-7-17(15)25(28)29/h4-11H,3,12H2,1-2H3,(H,24,26). The van der Waals surface area contributed by atoms with Gasteiger partial charge < -0.3 is 10.1 Å². The van der Waals surface area contributed by atoms with Crippen LogP contribution >= 0.6 is 11.3 Å². The molecule has 0 unspecified atom stereocenters. The van der Waals surface area contributed by atoms with Crippen LogP contribution in [-0.2, 0) is 16.0 Å². The molecule has 1 aromatic heterocycles. The van der Waals surface area contributed by atoms with Gasteiger partial charge >= 0.3 is 5.97 Å². The first-order valence-electron chi connectivity index (χ1n) is 9.40. The number of halogens is 1. The van der Waals surface area contributed by atoms with Crippen LogP contribution in [0.1, 0.15) is 27.7 Å². The fourth-order valence-electron chi connectivity index (χ4n) is 3.18. The number of amides is 1. The fourth-order valence-corrected chi connectivity index (χ4v) is 4.26. The smallest absolute Gasteiger partial charge is 0.341 e. The molecule has 0 bridgehead atoms. The number of nitrogens with zero attached hydrogens (tertiary/aromatic N) is 1. The average molecular weight is 442 g/mol. The minimum Gasteiger partial charge on any atom is -0.462 e. The van der Waals surface area contributed by atoms with E-state index < -0.39 is 22.6 Å². The van der Waals surface area contributed by atoms with Crippen molar-refractivity contribution in [3.05, 3.63) is 80.5 Å². The number of rotatable bonds is 7. The van der Waals surface area contributed by atoms with Crippen LogP contribution in [0.25, 0.3) is 11.1 Å². The molecule has 0 fully saturated rings. The Balaban J connectivity index is 1.96. The molecule has 0 atom stereocenters. The Morgan fingerprint density at radius 3 is 2.48 bits per heavy atom. The SMILES string of the molecule is CCOC(=O)c1c(NC(=O)Cc2ccccc2[N+](=O)[O-])sc(C)c1-c1ccc(F)cc1. The predicted molar refractivity (Wildman–Crippen MR) is 116 cm³/mol. The molecular weight excluding hydrogens is 423 g/mol. The summed E-state index contributed by atoms with van der Waals surface area (Å²) in [5.41, 5.74) is 1.43.